The molecule has 3 N–H and O–H groups in total. The number of nitrogens with zero attached hydrogens (tertiary/aromatic N) is 2. The highest BCUT2D eigenvalue weighted by Gasteiger charge is 2.18. The first-order valence-corrected chi connectivity index (χ1v) is 5.53. The largest absolute Gasteiger partial charge is 0.320 e. The van der Waals surface area contributed by atoms with Gasteiger partial charge in [0, 0.05) is 12.1 Å². The lowest BCUT2D eigenvalue weighted by Gasteiger charge is -2.17. The molecule has 0 radical (unpaired) electrons. The van der Waals surface area contributed by atoms with Gasteiger partial charge in [0.05, 0.1) is 12.2 Å². The van der Waals surface area contributed by atoms with Crippen LogP contribution in [0.25, 0.3) is 0 Å². The zero-order chi connectivity index (χ0) is 12.3. The molecule has 90 valence electrons. The Bertz CT molecular complexity index is 357. The number of aromatic nitrogens is 2. The van der Waals surface area contributed by atoms with Crippen molar-refractivity contribution < 1.29 is 4.79 Å². The van der Waals surface area contributed by atoms with E-state index in [4.69, 9.17) is 5.73 Å². The van der Waals surface area contributed by atoms with Crippen LogP contribution in [-0.2, 0) is 4.79 Å². The number of carbonyl (C=O) groups excluding carboxylic acids is 1. The summed E-state index contributed by atoms with van der Waals surface area (Å²) in [6.45, 7) is 7.85. The Morgan fingerprint density at radius 3 is 2.56 bits per heavy atom. The quantitative estimate of drug-likeness (QED) is 0.811. The van der Waals surface area contributed by atoms with Gasteiger partial charge in [-0.1, -0.05) is 13.8 Å². The molecule has 16 heavy (non-hydrogen) atoms. The van der Waals surface area contributed by atoms with Crippen molar-refractivity contribution in [2.75, 3.05) is 5.32 Å². The standard InChI is InChI=1S/C11H20N4O/c1-7(2)10(12)11(16)14-9-5-6-13-15(9)8(3)4/h5-8,10H,12H2,1-4H3,(H,14,16)/t10-/m0/s1. The minimum Gasteiger partial charge on any atom is -0.320 e. The van der Waals surface area contributed by atoms with Crippen LogP contribution in [0.2, 0.25) is 0 Å². The van der Waals surface area contributed by atoms with Gasteiger partial charge in [0.15, 0.2) is 0 Å². The maximum atomic E-state index is 11.7. The summed E-state index contributed by atoms with van der Waals surface area (Å²) in [5, 5.41) is 6.92. The summed E-state index contributed by atoms with van der Waals surface area (Å²) in [6.07, 6.45) is 1.66. The summed E-state index contributed by atoms with van der Waals surface area (Å²) in [5.41, 5.74) is 5.76. The Morgan fingerprint density at radius 1 is 1.44 bits per heavy atom. The number of rotatable bonds is 4. The van der Waals surface area contributed by atoms with E-state index in [1.165, 1.54) is 0 Å². The number of nitrogens with one attached hydrogen (secondary N) is 1. The third-order valence-corrected chi connectivity index (χ3v) is 2.43. The second-order valence-corrected chi connectivity index (χ2v) is 4.51. The van der Waals surface area contributed by atoms with E-state index >= 15 is 0 Å². The zero-order valence-electron chi connectivity index (χ0n) is 10.3. The van der Waals surface area contributed by atoms with Crippen LogP contribution in [0, 0.1) is 5.92 Å². The van der Waals surface area contributed by atoms with Crippen molar-refractivity contribution in [3.8, 4) is 0 Å². The van der Waals surface area contributed by atoms with E-state index in [9.17, 15) is 4.79 Å². The lowest BCUT2D eigenvalue weighted by molar-refractivity contribution is -0.118. The van der Waals surface area contributed by atoms with E-state index in [0.29, 0.717) is 5.82 Å². The maximum Gasteiger partial charge on any atom is 0.242 e. The normalized spacial score (nSPS) is 13.2. The van der Waals surface area contributed by atoms with Crippen molar-refractivity contribution in [1.82, 2.24) is 9.78 Å². The predicted octanol–water partition coefficient (Wildman–Crippen LogP) is 1.39. The summed E-state index contributed by atoms with van der Waals surface area (Å²) in [7, 11) is 0. The maximum absolute atomic E-state index is 11.7. The van der Waals surface area contributed by atoms with Gasteiger partial charge in [0.25, 0.3) is 0 Å². The van der Waals surface area contributed by atoms with Gasteiger partial charge < -0.3 is 11.1 Å². The molecule has 1 heterocycles. The van der Waals surface area contributed by atoms with Crippen molar-refractivity contribution in [1.29, 1.82) is 0 Å². The van der Waals surface area contributed by atoms with Crippen LogP contribution in [0.15, 0.2) is 12.3 Å². The molecule has 0 unspecified atom stereocenters. The molecule has 0 saturated heterocycles. The minimum absolute atomic E-state index is 0.121. The fraction of sp³-hybridized carbons (Fsp3) is 0.636. The lowest BCUT2D eigenvalue weighted by Crippen LogP contribution is -2.40. The molecule has 0 bridgehead atoms. The van der Waals surface area contributed by atoms with E-state index in [1.807, 2.05) is 27.7 Å². The molecular formula is C11H20N4O. The van der Waals surface area contributed by atoms with Crippen LogP contribution < -0.4 is 11.1 Å². The molecule has 0 aromatic carbocycles. The minimum atomic E-state index is -0.490. The predicted molar refractivity (Wildman–Crippen MR) is 64.1 cm³/mol. The van der Waals surface area contributed by atoms with E-state index in [0.717, 1.165) is 0 Å². The van der Waals surface area contributed by atoms with Crippen LogP contribution in [0.5, 0.6) is 0 Å². The van der Waals surface area contributed by atoms with Gasteiger partial charge >= 0.3 is 0 Å². The van der Waals surface area contributed by atoms with Gasteiger partial charge in [-0.15, -0.1) is 0 Å². The van der Waals surface area contributed by atoms with E-state index in [2.05, 4.69) is 10.4 Å². The van der Waals surface area contributed by atoms with Crippen molar-refractivity contribution in [3.63, 3.8) is 0 Å². The fourth-order valence-corrected chi connectivity index (χ4v) is 1.34. The molecule has 1 aromatic rings. The van der Waals surface area contributed by atoms with E-state index in [-0.39, 0.29) is 17.9 Å². The first-order valence-electron chi connectivity index (χ1n) is 5.53. The molecule has 0 aliphatic rings. The van der Waals surface area contributed by atoms with Crippen LogP contribution in [0.1, 0.15) is 33.7 Å². The summed E-state index contributed by atoms with van der Waals surface area (Å²) in [4.78, 5) is 11.7. The first-order chi connectivity index (χ1) is 7.43. The van der Waals surface area contributed by atoms with Crippen LogP contribution in [0.3, 0.4) is 0 Å². The molecule has 1 rings (SSSR count). The summed E-state index contributed by atoms with van der Waals surface area (Å²) >= 11 is 0. The van der Waals surface area contributed by atoms with E-state index < -0.39 is 6.04 Å². The van der Waals surface area contributed by atoms with Crippen molar-refractivity contribution >= 4 is 11.7 Å². The Kier molecular flexibility index (Phi) is 4.06. The van der Waals surface area contributed by atoms with E-state index in [1.54, 1.807) is 16.9 Å². The van der Waals surface area contributed by atoms with Gasteiger partial charge in [-0.25, -0.2) is 4.68 Å². The summed E-state index contributed by atoms with van der Waals surface area (Å²) in [5.74, 6) is 0.643. The Balaban J connectivity index is 2.73. The third-order valence-electron chi connectivity index (χ3n) is 2.43. The summed E-state index contributed by atoms with van der Waals surface area (Å²) < 4.78 is 1.75. The molecule has 1 atom stereocenters. The van der Waals surface area contributed by atoms with Gasteiger partial charge in [0.1, 0.15) is 5.82 Å². The van der Waals surface area contributed by atoms with Gasteiger partial charge in [-0.3, -0.25) is 4.79 Å². The molecule has 0 aliphatic heterocycles. The topological polar surface area (TPSA) is 72.9 Å². The zero-order valence-corrected chi connectivity index (χ0v) is 10.3. The molecular weight excluding hydrogens is 204 g/mol. The number of carbonyl (C=O) groups is 1. The SMILES string of the molecule is CC(C)[C@H](N)C(=O)Nc1ccnn1C(C)C. The van der Waals surface area contributed by atoms with Crippen LogP contribution >= 0.6 is 0 Å². The molecule has 0 spiro atoms. The molecule has 1 amide bonds. The average Bonchev–Trinajstić information content (AvgIpc) is 2.64. The first kappa shape index (κ1) is 12.7. The van der Waals surface area contributed by atoms with Crippen molar-refractivity contribution in [2.24, 2.45) is 11.7 Å². The Morgan fingerprint density at radius 2 is 2.06 bits per heavy atom. The average molecular weight is 224 g/mol. The summed E-state index contributed by atoms with van der Waals surface area (Å²) in [6, 6.07) is 1.49. The Hall–Kier alpha value is -1.36. The second-order valence-electron chi connectivity index (χ2n) is 4.51. The number of hydrogen-bond donors (Lipinski definition) is 2. The smallest absolute Gasteiger partial charge is 0.242 e. The van der Waals surface area contributed by atoms with Gasteiger partial charge in [0.2, 0.25) is 5.91 Å². The molecule has 0 aliphatic carbocycles. The highest BCUT2D eigenvalue weighted by Crippen LogP contribution is 2.13. The highest BCUT2D eigenvalue weighted by atomic mass is 16.2. The molecule has 5 nitrogen and oxygen atoms in total. The molecule has 1 aromatic heterocycles. The van der Waals surface area contributed by atoms with Crippen molar-refractivity contribution in [2.45, 2.75) is 39.8 Å². The van der Waals surface area contributed by atoms with Crippen LogP contribution in [-0.4, -0.2) is 21.7 Å². The van der Waals surface area contributed by atoms with Gasteiger partial charge in [-0.2, -0.15) is 5.10 Å². The molecule has 5 heteroatoms. The monoisotopic (exact) mass is 224 g/mol. The number of nitrogens with two attached hydrogens (primary N) is 1. The molecule has 0 saturated carbocycles. The second kappa shape index (κ2) is 5.12. The number of hydrogen-bond acceptors (Lipinski definition) is 3. The lowest BCUT2D eigenvalue weighted by atomic mass is 10.1. The highest BCUT2D eigenvalue weighted by molar-refractivity contribution is 5.94. The van der Waals surface area contributed by atoms with Crippen LogP contribution in [0.4, 0.5) is 5.82 Å². The van der Waals surface area contributed by atoms with Crippen molar-refractivity contribution in [3.05, 3.63) is 12.3 Å². The Labute approximate surface area is 96.0 Å². The number of amides is 1. The number of anilines is 1. The molecule has 0 fully saturated rings. The fourth-order valence-electron chi connectivity index (χ4n) is 1.34. The third kappa shape index (κ3) is 2.82. The van der Waals surface area contributed by atoms with Gasteiger partial charge in [-0.05, 0) is 19.8 Å².